The third-order valence-corrected chi connectivity index (χ3v) is 3.25. The van der Waals surface area contributed by atoms with E-state index in [0.717, 1.165) is 3.57 Å². The summed E-state index contributed by atoms with van der Waals surface area (Å²) < 4.78 is 25.1. The van der Waals surface area contributed by atoms with Crippen molar-refractivity contribution in [2.45, 2.75) is 18.5 Å². The Morgan fingerprint density at radius 1 is 1.58 bits per heavy atom. The molecule has 0 aliphatic rings. The topological polar surface area (TPSA) is 39.1 Å². The lowest BCUT2D eigenvalue weighted by molar-refractivity contribution is 0.584. The highest BCUT2D eigenvalue weighted by atomic mass is 127. The molecule has 1 aromatic heterocycles. The van der Waals surface area contributed by atoms with Crippen LogP contribution in [0.15, 0.2) is 17.3 Å². The summed E-state index contributed by atoms with van der Waals surface area (Å²) in [6.07, 6.45) is 3.06. The van der Waals surface area contributed by atoms with Gasteiger partial charge in [0.15, 0.2) is 9.84 Å². The molecule has 1 heterocycles. The average Bonchev–Trinajstić information content (AvgIpc) is 2.29. The highest BCUT2D eigenvalue weighted by Crippen LogP contribution is 2.15. The van der Waals surface area contributed by atoms with E-state index in [1.54, 1.807) is 10.6 Å². The SMILES string of the molecule is CCn1cc(I)cc1S(C)(=O)=O. The van der Waals surface area contributed by atoms with Crippen LogP contribution in [-0.4, -0.2) is 19.2 Å². The second-order valence-electron chi connectivity index (χ2n) is 2.55. The third kappa shape index (κ3) is 2.01. The van der Waals surface area contributed by atoms with Crippen LogP contribution in [0.1, 0.15) is 6.92 Å². The van der Waals surface area contributed by atoms with Crippen molar-refractivity contribution >= 4 is 32.4 Å². The van der Waals surface area contributed by atoms with E-state index in [-0.39, 0.29) is 0 Å². The molecule has 0 unspecified atom stereocenters. The van der Waals surface area contributed by atoms with Gasteiger partial charge in [-0.3, -0.25) is 0 Å². The van der Waals surface area contributed by atoms with Crippen molar-refractivity contribution in [1.29, 1.82) is 0 Å². The number of sulfone groups is 1. The molecular formula is C7H10INO2S. The van der Waals surface area contributed by atoms with Gasteiger partial charge in [0, 0.05) is 22.6 Å². The summed E-state index contributed by atoms with van der Waals surface area (Å²) in [7, 11) is -3.07. The molecule has 0 aliphatic carbocycles. The van der Waals surface area contributed by atoms with E-state index in [9.17, 15) is 8.42 Å². The van der Waals surface area contributed by atoms with Crippen molar-refractivity contribution in [1.82, 2.24) is 4.57 Å². The lowest BCUT2D eigenvalue weighted by atomic mass is 10.7. The Labute approximate surface area is 85.8 Å². The van der Waals surface area contributed by atoms with E-state index in [1.807, 2.05) is 13.1 Å². The number of aromatic nitrogens is 1. The van der Waals surface area contributed by atoms with Crippen molar-refractivity contribution in [3.05, 3.63) is 15.8 Å². The second kappa shape index (κ2) is 3.37. The van der Waals surface area contributed by atoms with Crippen LogP contribution in [0.4, 0.5) is 0 Å². The highest BCUT2D eigenvalue weighted by Gasteiger charge is 2.12. The fourth-order valence-corrected chi connectivity index (χ4v) is 2.81. The van der Waals surface area contributed by atoms with Gasteiger partial charge in [0.05, 0.1) is 0 Å². The molecule has 0 atom stereocenters. The van der Waals surface area contributed by atoms with Crippen molar-refractivity contribution < 1.29 is 8.42 Å². The number of hydrogen-bond donors (Lipinski definition) is 0. The van der Waals surface area contributed by atoms with Crippen LogP contribution in [0.5, 0.6) is 0 Å². The lowest BCUT2D eigenvalue weighted by Crippen LogP contribution is -2.05. The predicted molar refractivity (Wildman–Crippen MR) is 55.9 cm³/mol. The first kappa shape index (κ1) is 10.0. The normalized spacial score (nSPS) is 11.9. The monoisotopic (exact) mass is 299 g/mol. The van der Waals surface area contributed by atoms with Crippen LogP contribution in [0, 0.1) is 3.57 Å². The molecule has 0 amide bonds. The molecule has 1 rings (SSSR count). The molecule has 0 spiro atoms. The molecule has 12 heavy (non-hydrogen) atoms. The molecule has 5 heteroatoms. The number of halogens is 1. The first-order valence-corrected chi connectivity index (χ1v) is 6.48. The minimum absolute atomic E-state index is 0.398. The van der Waals surface area contributed by atoms with Crippen molar-refractivity contribution in [3.63, 3.8) is 0 Å². The third-order valence-electron chi connectivity index (χ3n) is 1.54. The molecule has 68 valence electrons. The first-order chi connectivity index (χ1) is 5.45. The van der Waals surface area contributed by atoms with Gasteiger partial charge in [-0.15, -0.1) is 0 Å². The van der Waals surface area contributed by atoms with Crippen LogP contribution in [0.2, 0.25) is 0 Å². The maximum absolute atomic E-state index is 11.2. The van der Waals surface area contributed by atoms with E-state index < -0.39 is 9.84 Å². The molecule has 0 radical (unpaired) electrons. The van der Waals surface area contributed by atoms with Gasteiger partial charge < -0.3 is 4.57 Å². The zero-order valence-electron chi connectivity index (χ0n) is 6.91. The zero-order chi connectivity index (χ0) is 9.35. The maximum atomic E-state index is 11.2. The fraction of sp³-hybridized carbons (Fsp3) is 0.429. The smallest absolute Gasteiger partial charge is 0.190 e. The van der Waals surface area contributed by atoms with Crippen LogP contribution in [-0.2, 0) is 16.4 Å². The fourth-order valence-electron chi connectivity index (χ4n) is 1.02. The standard InChI is InChI=1S/C7H10INO2S/c1-3-9-5-6(8)4-7(9)12(2,10)11/h4-5H,3H2,1-2H3. The summed E-state index contributed by atoms with van der Waals surface area (Å²) in [5, 5.41) is 0.398. The molecule has 0 aliphatic heterocycles. The Kier molecular flexibility index (Phi) is 2.82. The predicted octanol–water partition coefficient (Wildman–Crippen LogP) is 1.52. The summed E-state index contributed by atoms with van der Waals surface area (Å²) in [5.41, 5.74) is 0. The van der Waals surface area contributed by atoms with Crippen molar-refractivity contribution in [2.75, 3.05) is 6.26 Å². The minimum atomic E-state index is -3.07. The van der Waals surface area contributed by atoms with Crippen LogP contribution in [0.25, 0.3) is 0 Å². The van der Waals surface area contributed by atoms with Gasteiger partial charge in [0.1, 0.15) is 5.03 Å². The summed E-state index contributed by atoms with van der Waals surface area (Å²) in [6, 6.07) is 1.68. The largest absolute Gasteiger partial charge is 0.338 e. The number of hydrogen-bond acceptors (Lipinski definition) is 2. The quantitative estimate of drug-likeness (QED) is 0.777. The number of rotatable bonds is 2. The number of nitrogens with zero attached hydrogens (tertiary/aromatic N) is 1. The van der Waals surface area contributed by atoms with E-state index in [1.165, 1.54) is 6.26 Å². The van der Waals surface area contributed by atoms with Gasteiger partial charge in [0.25, 0.3) is 0 Å². The molecule has 0 saturated carbocycles. The summed E-state index contributed by atoms with van der Waals surface area (Å²) in [4.78, 5) is 0. The van der Waals surface area contributed by atoms with Crippen LogP contribution < -0.4 is 0 Å². The van der Waals surface area contributed by atoms with Gasteiger partial charge in [-0.2, -0.15) is 0 Å². The molecule has 3 nitrogen and oxygen atoms in total. The minimum Gasteiger partial charge on any atom is -0.338 e. The first-order valence-electron chi connectivity index (χ1n) is 3.51. The molecule has 1 aromatic rings. The summed E-state index contributed by atoms with van der Waals surface area (Å²) in [5.74, 6) is 0. The van der Waals surface area contributed by atoms with Gasteiger partial charge in [-0.05, 0) is 35.6 Å². The summed E-state index contributed by atoms with van der Waals surface area (Å²) in [6.45, 7) is 2.61. The molecule has 0 N–H and O–H groups in total. The maximum Gasteiger partial charge on any atom is 0.190 e. The van der Waals surface area contributed by atoms with E-state index in [0.29, 0.717) is 11.6 Å². The second-order valence-corrected chi connectivity index (χ2v) is 5.76. The number of aryl methyl sites for hydroxylation is 1. The van der Waals surface area contributed by atoms with Gasteiger partial charge >= 0.3 is 0 Å². The van der Waals surface area contributed by atoms with Crippen molar-refractivity contribution in [3.8, 4) is 0 Å². The highest BCUT2D eigenvalue weighted by molar-refractivity contribution is 14.1. The van der Waals surface area contributed by atoms with Gasteiger partial charge in [-0.1, -0.05) is 0 Å². The van der Waals surface area contributed by atoms with E-state index >= 15 is 0 Å². The summed E-state index contributed by atoms with van der Waals surface area (Å²) >= 11 is 2.10. The zero-order valence-corrected chi connectivity index (χ0v) is 9.89. The molecule has 0 fully saturated rings. The Hall–Kier alpha value is -0.0400. The van der Waals surface area contributed by atoms with Crippen molar-refractivity contribution in [2.24, 2.45) is 0 Å². The molecule has 0 saturated heterocycles. The Morgan fingerprint density at radius 2 is 2.17 bits per heavy atom. The molecule has 0 bridgehead atoms. The Balaban J connectivity index is 3.33. The van der Waals surface area contributed by atoms with Gasteiger partial charge in [-0.25, -0.2) is 8.42 Å². The van der Waals surface area contributed by atoms with Crippen LogP contribution >= 0.6 is 22.6 Å². The van der Waals surface area contributed by atoms with E-state index in [4.69, 9.17) is 0 Å². The Morgan fingerprint density at radius 3 is 2.50 bits per heavy atom. The average molecular weight is 299 g/mol. The van der Waals surface area contributed by atoms with Crippen LogP contribution in [0.3, 0.4) is 0 Å². The van der Waals surface area contributed by atoms with E-state index in [2.05, 4.69) is 22.6 Å². The van der Waals surface area contributed by atoms with Gasteiger partial charge in [0.2, 0.25) is 0 Å². The molecular weight excluding hydrogens is 289 g/mol. The lowest BCUT2D eigenvalue weighted by Gasteiger charge is -2.02. The Bertz CT molecular complexity index is 380. The molecule has 0 aromatic carbocycles.